The first kappa shape index (κ1) is 14.1. The van der Waals surface area contributed by atoms with Crippen molar-refractivity contribution in [2.75, 3.05) is 26.7 Å². The number of hydrogen-bond acceptors (Lipinski definition) is 4. The fourth-order valence-corrected chi connectivity index (χ4v) is 3.10. The van der Waals surface area contributed by atoms with E-state index in [-0.39, 0.29) is 18.6 Å². The molecule has 102 valence electrons. The normalized spacial score (nSPS) is 19.0. The van der Waals surface area contributed by atoms with Crippen LogP contribution in [0.15, 0.2) is 6.07 Å². The zero-order valence-electron chi connectivity index (χ0n) is 11.2. The molecule has 0 aliphatic carbocycles. The molecule has 1 aromatic heterocycles. The Bertz CT molecular complexity index is 527. The predicted octanol–water partition coefficient (Wildman–Crippen LogP) is 0.834. The molecule has 1 unspecified atom stereocenters. The van der Waals surface area contributed by atoms with Crippen LogP contribution in [0.1, 0.15) is 26.5 Å². The van der Waals surface area contributed by atoms with Gasteiger partial charge in [0.15, 0.2) is 0 Å². The van der Waals surface area contributed by atoms with Gasteiger partial charge in [0, 0.05) is 12.6 Å². The SMILES string of the molecule is Cc1cc(C(=O)NC2CCN(C)C2)sc1C#CCO. The molecule has 1 aliphatic heterocycles. The van der Waals surface area contributed by atoms with Crippen molar-refractivity contribution in [3.05, 3.63) is 21.4 Å². The predicted molar refractivity (Wildman–Crippen MR) is 76.4 cm³/mol. The van der Waals surface area contributed by atoms with Gasteiger partial charge >= 0.3 is 0 Å². The molecular weight excluding hydrogens is 260 g/mol. The van der Waals surface area contributed by atoms with Crippen LogP contribution in [0.5, 0.6) is 0 Å². The van der Waals surface area contributed by atoms with E-state index in [2.05, 4.69) is 29.1 Å². The molecule has 5 heteroatoms. The summed E-state index contributed by atoms with van der Waals surface area (Å²) in [6.45, 7) is 3.71. The molecule has 0 spiro atoms. The number of amides is 1. The van der Waals surface area contributed by atoms with Crippen molar-refractivity contribution in [2.45, 2.75) is 19.4 Å². The molecule has 0 bridgehead atoms. The van der Waals surface area contributed by atoms with Gasteiger partial charge < -0.3 is 15.3 Å². The van der Waals surface area contributed by atoms with Crippen LogP contribution in [-0.4, -0.2) is 48.7 Å². The lowest BCUT2D eigenvalue weighted by molar-refractivity contribution is 0.0942. The summed E-state index contributed by atoms with van der Waals surface area (Å²) in [7, 11) is 2.06. The van der Waals surface area contributed by atoms with Gasteiger partial charge in [0.1, 0.15) is 6.61 Å². The van der Waals surface area contributed by atoms with Gasteiger partial charge in [-0.15, -0.1) is 11.3 Å². The van der Waals surface area contributed by atoms with E-state index in [1.54, 1.807) is 0 Å². The van der Waals surface area contributed by atoms with Crippen LogP contribution >= 0.6 is 11.3 Å². The minimum Gasteiger partial charge on any atom is -0.384 e. The van der Waals surface area contributed by atoms with Crippen LogP contribution in [-0.2, 0) is 0 Å². The third-order valence-electron chi connectivity index (χ3n) is 3.15. The Hall–Kier alpha value is -1.35. The second-order valence-corrected chi connectivity index (χ2v) is 5.86. The monoisotopic (exact) mass is 278 g/mol. The van der Waals surface area contributed by atoms with Gasteiger partial charge in [-0.1, -0.05) is 11.8 Å². The van der Waals surface area contributed by atoms with Crippen molar-refractivity contribution in [1.82, 2.24) is 10.2 Å². The zero-order valence-corrected chi connectivity index (χ0v) is 12.0. The van der Waals surface area contributed by atoms with E-state index in [1.165, 1.54) is 11.3 Å². The number of likely N-dealkylation sites (N-methyl/N-ethyl adjacent to an activating group) is 1. The van der Waals surface area contributed by atoms with Gasteiger partial charge in [-0.2, -0.15) is 0 Å². The van der Waals surface area contributed by atoms with Crippen LogP contribution in [0, 0.1) is 18.8 Å². The number of thiophene rings is 1. The molecule has 1 saturated heterocycles. The van der Waals surface area contributed by atoms with Gasteiger partial charge in [-0.25, -0.2) is 0 Å². The third kappa shape index (κ3) is 3.57. The largest absolute Gasteiger partial charge is 0.384 e. The van der Waals surface area contributed by atoms with E-state index in [9.17, 15) is 4.79 Å². The van der Waals surface area contributed by atoms with Gasteiger partial charge in [-0.3, -0.25) is 4.79 Å². The highest BCUT2D eigenvalue weighted by atomic mass is 32.1. The smallest absolute Gasteiger partial charge is 0.261 e. The molecule has 0 radical (unpaired) electrons. The average Bonchev–Trinajstić information content (AvgIpc) is 2.93. The van der Waals surface area contributed by atoms with Crippen molar-refractivity contribution < 1.29 is 9.90 Å². The Balaban J connectivity index is 2.03. The summed E-state index contributed by atoms with van der Waals surface area (Å²) < 4.78 is 0. The molecule has 1 aliphatic rings. The summed E-state index contributed by atoms with van der Waals surface area (Å²) in [6.07, 6.45) is 1.00. The molecule has 1 fully saturated rings. The van der Waals surface area contributed by atoms with Crippen molar-refractivity contribution in [3.8, 4) is 11.8 Å². The van der Waals surface area contributed by atoms with E-state index >= 15 is 0 Å². The molecule has 2 heterocycles. The van der Waals surface area contributed by atoms with Crippen LogP contribution < -0.4 is 5.32 Å². The summed E-state index contributed by atoms with van der Waals surface area (Å²) >= 11 is 1.38. The number of nitrogens with zero attached hydrogens (tertiary/aromatic N) is 1. The van der Waals surface area contributed by atoms with E-state index in [4.69, 9.17) is 5.11 Å². The van der Waals surface area contributed by atoms with Crippen molar-refractivity contribution in [1.29, 1.82) is 0 Å². The number of aliphatic hydroxyl groups excluding tert-OH is 1. The maximum Gasteiger partial charge on any atom is 0.261 e. The van der Waals surface area contributed by atoms with E-state index in [0.717, 1.165) is 30.0 Å². The molecular formula is C14H18N2O2S. The molecule has 4 nitrogen and oxygen atoms in total. The summed E-state index contributed by atoms with van der Waals surface area (Å²) in [5.41, 5.74) is 0.986. The molecule has 1 atom stereocenters. The lowest BCUT2D eigenvalue weighted by Gasteiger charge is -2.11. The molecule has 1 amide bonds. The molecule has 19 heavy (non-hydrogen) atoms. The Kier molecular flexibility index (Phi) is 4.59. The Morgan fingerprint density at radius 2 is 2.47 bits per heavy atom. The molecule has 2 rings (SSSR count). The molecule has 0 aromatic carbocycles. The van der Waals surface area contributed by atoms with Gasteiger partial charge in [0.05, 0.1) is 9.75 Å². The van der Waals surface area contributed by atoms with Crippen LogP contribution in [0.25, 0.3) is 0 Å². The molecule has 0 saturated carbocycles. The van der Waals surface area contributed by atoms with Crippen molar-refractivity contribution in [2.24, 2.45) is 0 Å². The second-order valence-electron chi connectivity index (χ2n) is 4.80. The van der Waals surface area contributed by atoms with Gasteiger partial charge in [0.2, 0.25) is 0 Å². The first-order chi connectivity index (χ1) is 9.10. The van der Waals surface area contributed by atoms with Crippen LogP contribution in [0.3, 0.4) is 0 Å². The number of hydrogen-bond donors (Lipinski definition) is 2. The highest BCUT2D eigenvalue weighted by Crippen LogP contribution is 2.21. The summed E-state index contributed by atoms with van der Waals surface area (Å²) in [5, 5.41) is 11.8. The van der Waals surface area contributed by atoms with E-state index in [0.29, 0.717) is 4.88 Å². The second kappa shape index (κ2) is 6.20. The Morgan fingerprint density at radius 1 is 1.68 bits per heavy atom. The number of rotatable bonds is 2. The average molecular weight is 278 g/mol. The first-order valence-corrected chi connectivity index (χ1v) is 7.11. The Morgan fingerprint density at radius 3 is 3.11 bits per heavy atom. The highest BCUT2D eigenvalue weighted by Gasteiger charge is 2.22. The standard InChI is InChI=1S/C14H18N2O2S/c1-10-8-13(19-12(10)4-3-7-17)14(18)15-11-5-6-16(2)9-11/h8,11,17H,5-7,9H2,1-2H3,(H,15,18). The minimum atomic E-state index is -0.159. The number of carbonyl (C=O) groups excluding carboxylic acids is 1. The van der Waals surface area contributed by atoms with Crippen LogP contribution in [0.4, 0.5) is 0 Å². The number of aryl methyl sites for hydroxylation is 1. The van der Waals surface area contributed by atoms with Gasteiger partial charge in [0.25, 0.3) is 5.91 Å². The molecule has 1 aromatic rings. The van der Waals surface area contributed by atoms with E-state index in [1.807, 2.05) is 13.0 Å². The summed E-state index contributed by atoms with van der Waals surface area (Å²) in [4.78, 5) is 15.9. The van der Waals surface area contributed by atoms with Crippen LogP contribution in [0.2, 0.25) is 0 Å². The number of likely N-dealkylation sites (tertiary alicyclic amines) is 1. The lowest BCUT2D eigenvalue weighted by atomic mass is 10.2. The zero-order chi connectivity index (χ0) is 13.8. The minimum absolute atomic E-state index is 0.0227. The first-order valence-electron chi connectivity index (χ1n) is 6.29. The summed E-state index contributed by atoms with van der Waals surface area (Å²) in [6, 6.07) is 2.10. The number of nitrogens with one attached hydrogen (secondary N) is 1. The quantitative estimate of drug-likeness (QED) is 0.788. The fraction of sp³-hybridized carbons (Fsp3) is 0.500. The highest BCUT2D eigenvalue weighted by molar-refractivity contribution is 7.14. The Labute approximate surface area is 117 Å². The topological polar surface area (TPSA) is 52.6 Å². The van der Waals surface area contributed by atoms with E-state index < -0.39 is 0 Å². The molecule has 2 N–H and O–H groups in total. The maximum absolute atomic E-state index is 12.1. The fourth-order valence-electron chi connectivity index (χ4n) is 2.15. The third-order valence-corrected chi connectivity index (χ3v) is 4.30. The number of aliphatic hydroxyl groups is 1. The number of carbonyl (C=O) groups is 1. The van der Waals surface area contributed by atoms with Crippen molar-refractivity contribution in [3.63, 3.8) is 0 Å². The van der Waals surface area contributed by atoms with Crippen molar-refractivity contribution >= 4 is 17.2 Å². The maximum atomic E-state index is 12.1. The lowest BCUT2D eigenvalue weighted by Crippen LogP contribution is -2.36. The van der Waals surface area contributed by atoms with Gasteiger partial charge in [-0.05, 0) is 38.6 Å². The summed E-state index contributed by atoms with van der Waals surface area (Å²) in [5.74, 6) is 5.46.